The number of ether oxygens (including phenoxy) is 1. The highest BCUT2D eigenvalue weighted by molar-refractivity contribution is 5.97. The molecule has 2 aromatic rings. The number of hydrogen-bond donors (Lipinski definition) is 4. The molecule has 1 amide bonds. The van der Waals surface area contributed by atoms with E-state index < -0.39 is 17.9 Å². The highest BCUT2D eigenvalue weighted by Gasteiger charge is 2.20. The lowest BCUT2D eigenvalue weighted by molar-refractivity contribution is -0.137. The van der Waals surface area contributed by atoms with Crippen molar-refractivity contribution in [2.24, 2.45) is 5.73 Å². The van der Waals surface area contributed by atoms with Crippen molar-refractivity contribution < 1.29 is 24.5 Å². The van der Waals surface area contributed by atoms with Gasteiger partial charge >= 0.3 is 5.97 Å². The molecular weight excluding hydrogens is 324 g/mol. The van der Waals surface area contributed by atoms with Crippen molar-refractivity contribution in [3.8, 4) is 11.5 Å². The van der Waals surface area contributed by atoms with E-state index in [1.54, 1.807) is 36.4 Å². The number of phenolic OH excluding ortho intramolecular Hbond substituents is 1. The van der Waals surface area contributed by atoms with Gasteiger partial charge in [-0.3, -0.25) is 9.59 Å². The van der Waals surface area contributed by atoms with Crippen molar-refractivity contribution in [2.45, 2.75) is 12.5 Å². The Hall–Kier alpha value is -3.06. The molecule has 0 radical (unpaired) electrons. The summed E-state index contributed by atoms with van der Waals surface area (Å²) in [4.78, 5) is 23.5. The van der Waals surface area contributed by atoms with E-state index in [1.165, 1.54) is 12.1 Å². The average molecular weight is 344 g/mol. The Bertz CT molecular complexity index is 734. The van der Waals surface area contributed by atoms with Gasteiger partial charge in [-0.15, -0.1) is 0 Å². The van der Waals surface area contributed by atoms with Gasteiger partial charge in [-0.05, 0) is 17.7 Å². The van der Waals surface area contributed by atoms with Gasteiger partial charge in [0.15, 0.2) is 0 Å². The Morgan fingerprint density at radius 1 is 1.16 bits per heavy atom. The van der Waals surface area contributed by atoms with Crippen LogP contribution < -0.4 is 15.8 Å². The van der Waals surface area contributed by atoms with Crippen molar-refractivity contribution in [1.29, 1.82) is 0 Å². The maximum absolute atomic E-state index is 12.4. The number of rotatable bonds is 8. The number of carboxylic acid groups (broad SMARTS) is 1. The minimum absolute atomic E-state index is 0.0337. The molecule has 0 aliphatic heterocycles. The van der Waals surface area contributed by atoms with E-state index in [2.05, 4.69) is 5.32 Å². The van der Waals surface area contributed by atoms with Crippen LogP contribution in [0.25, 0.3) is 0 Å². The third-order valence-electron chi connectivity index (χ3n) is 3.49. The van der Waals surface area contributed by atoms with Crippen molar-refractivity contribution in [3.05, 3.63) is 59.7 Å². The summed E-state index contributed by atoms with van der Waals surface area (Å²) in [5.74, 6) is -1.47. The van der Waals surface area contributed by atoms with Gasteiger partial charge in [0, 0.05) is 12.6 Å². The molecule has 0 aliphatic rings. The molecule has 1 unspecified atom stereocenters. The minimum atomic E-state index is -1.04. The predicted octanol–water partition coefficient (Wildman–Crippen LogP) is 1.68. The molecule has 7 nitrogen and oxygen atoms in total. The topological polar surface area (TPSA) is 122 Å². The Balaban J connectivity index is 2.16. The predicted molar refractivity (Wildman–Crippen MR) is 91.6 cm³/mol. The van der Waals surface area contributed by atoms with E-state index in [0.717, 1.165) is 0 Å². The van der Waals surface area contributed by atoms with Crippen LogP contribution in [-0.4, -0.2) is 35.2 Å². The summed E-state index contributed by atoms with van der Waals surface area (Å²) in [6.45, 7) is 0.622. The monoisotopic (exact) mass is 344 g/mol. The van der Waals surface area contributed by atoms with Crippen LogP contribution >= 0.6 is 0 Å². The largest absolute Gasteiger partial charge is 0.507 e. The zero-order valence-corrected chi connectivity index (χ0v) is 13.5. The van der Waals surface area contributed by atoms with Crippen molar-refractivity contribution in [1.82, 2.24) is 5.32 Å². The second-order valence-corrected chi connectivity index (χ2v) is 5.35. The molecule has 5 N–H and O–H groups in total. The molecule has 1 atom stereocenters. The summed E-state index contributed by atoms with van der Waals surface area (Å²) in [6.07, 6.45) is -0.270. The van der Waals surface area contributed by atoms with Crippen LogP contribution in [0.3, 0.4) is 0 Å². The second-order valence-electron chi connectivity index (χ2n) is 5.35. The summed E-state index contributed by atoms with van der Waals surface area (Å²) < 4.78 is 5.28. The molecule has 2 rings (SSSR count). The van der Waals surface area contributed by atoms with Crippen LogP contribution in [0.2, 0.25) is 0 Å². The SMILES string of the molecule is NCCOc1ccc(C(=O)NC(CC(=O)O)c2ccccc2)c(O)c1. The standard InChI is InChI=1S/C18H20N2O5/c19-8-9-25-13-6-7-14(16(21)10-13)18(24)20-15(11-17(22)23)12-4-2-1-3-5-12/h1-7,10,15,21H,8-9,11,19H2,(H,20,24)(H,22,23). The van der Waals surface area contributed by atoms with E-state index in [1.807, 2.05) is 0 Å². The maximum Gasteiger partial charge on any atom is 0.305 e. The van der Waals surface area contributed by atoms with E-state index in [-0.39, 0.29) is 17.7 Å². The van der Waals surface area contributed by atoms with Gasteiger partial charge in [-0.2, -0.15) is 0 Å². The first-order valence-electron chi connectivity index (χ1n) is 7.74. The first kappa shape index (κ1) is 18.3. The van der Waals surface area contributed by atoms with Gasteiger partial charge in [0.25, 0.3) is 5.91 Å². The third-order valence-corrected chi connectivity index (χ3v) is 3.49. The number of aromatic hydroxyl groups is 1. The van der Waals surface area contributed by atoms with Crippen LogP contribution in [-0.2, 0) is 4.79 Å². The number of aliphatic carboxylic acids is 1. The number of benzene rings is 2. The van der Waals surface area contributed by atoms with Gasteiger partial charge in [0.05, 0.1) is 18.0 Å². The number of nitrogens with one attached hydrogen (secondary N) is 1. The number of amides is 1. The molecule has 0 saturated carbocycles. The molecule has 0 bridgehead atoms. The Kier molecular flexibility index (Phi) is 6.36. The number of phenols is 1. The van der Waals surface area contributed by atoms with Crippen molar-refractivity contribution >= 4 is 11.9 Å². The molecule has 0 heterocycles. The lowest BCUT2D eigenvalue weighted by Gasteiger charge is -2.18. The zero-order valence-electron chi connectivity index (χ0n) is 13.5. The smallest absolute Gasteiger partial charge is 0.305 e. The van der Waals surface area contributed by atoms with Gasteiger partial charge < -0.3 is 26.0 Å². The number of hydrogen-bond acceptors (Lipinski definition) is 5. The summed E-state index contributed by atoms with van der Waals surface area (Å²) >= 11 is 0. The minimum Gasteiger partial charge on any atom is -0.507 e. The molecule has 0 aliphatic carbocycles. The van der Waals surface area contributed by atoms with Gasteiger partial charge in [-0.25, -0.2) is 0 Å². The van der Waals surface area contributed by atoms with E-state index in [0.29, 0.717) is 24.5 Å². The average Bonchev–Trinajstić information content (AvgIpc) is 2.59. The molecule has 0 spiro atoms. The lowest BCUT2D eigenvalue weighted by atomic mass is 10.0. The molecule has 0 fully saturated rings. The van der Waals surface area contributed by atoms with E-state index >= 15 is 0 Å². The zero-order chi connectivity index (χ0) is 18.2. The fourth-order valence-electron chi connectivity index (χ4n) is 2.32. The molecule has 25 heavy (non-hydrogen) atoms. The van der Waals surface area contributed by atoms with Crippen molar-refractivity contribution in [3.63, 3.8) is 0 Å². The van der Waals surface area contributed by atoms with E-state index in [9.17, 15) is 14.7 Å². The summed E-state index contributed by atoms with van der Waals surface area (Å²) in [5, 5.41) is 21.8. The maximum atomic E-state index is 12.4. The molecule has 0 saturated heterocycles. The summed E-state index contributed by atoms with van der Waals surface area (Å²) in [5.41, 5.74) is 6.04. The van der Waals surface area contributed by atoms with Crippen LogP contribution in [0, 0.1) is 0 Å². The first-order chi connectivity index (χ1) is 12.0. The van der Waals surface area contributed by atoms with Crippen LogP contribution in [0.4, 0.5) is 0 Å². The summed E-state index contributed by atoms with van der Waals surface area (Å²) in [7, 11) is 0. The normalized spacial score (nSPS) is 11.6. The van der Waals surface area contributed by atoms with Gasteiger partial charge in [0.2, 0.25) is 0 Å². The second kappa shape index (κ2) is 8.70. The van der Waals surface area contributed by atoms with Crippen molar-refractivity contribution in [2.75, 3.05) is 13.2 Å². The van der Waals surface area contributed by atoms with Gasteiger partial charge in [-0.1, -0.05) is 30.3 Å². The van der Waals surface area contributed by atoms with Crippen LogP contribution in [0.1, 0.15) is 28.4 Å². The number of carbonyl (C=O) groups is 2. The Morgan fingerprint density at radius 2 is 1.88 bits per heavy atom. The number of carbonyl (C=O) groups excluding carboxylic acids is 1. The lowest BCUT2D eigenvalue weighted by Crippen LogP contribution is -2.30. The Morgan fingerprint density at radius 3 is 2.48 bits per heavy atom. The fourth-order valence-corrected chi connectivity index (χ4v) is 2.32. The molecule has 0 aromatic heterocycles. The molecule has 2 aromatic carbocycles. The van der Waals surface area contributed by atoms with Crippen LogP contribution in [0.15, 0.2) is 48.5 Å². The quantitative estimate of drug-likeness (QED) is 0.578. The third kappa shape index (κ3) is 5.22. The van der Waals surface area contributed by atoms with Gasteiger partial charge in [0.1, 0.15) is 18.1 Å². The number of nitrogens with two attached hydrogens (primary N) is 1. The summed E-state index contributed by atoms with van der Waals surface area (Å²) in [6, 6.07) is 12.4. The highest BCUT2D eigenvalue weighted by atomic mass is 16.5. The Labute approximate surface area is 145 Å². The number of carboxylic acids is 1. The molecule has 7 heteroatoms. The molecule has 132 valence electrons. The van der Waals surface area contributed by atoms with Crippen LogP contribution in [0.5, 0.6) is 11.5 Å². The molecular formula is C18H20N2O5. The van der Waals surface area contributed by atoms with E-state index in [4.69, 9.17) is 15.6 Å². The first-order valence-corrected chi connectivity index (χ1v) is 7.74. The highest BCUT2D eigenvalue weighted by Crippen LogP contribution is 2.25. The fraction of sp³-hybridized carbons (Fsp3) is 0.222.